The quantitative estimate of drug-likeness (QED) is 0.835. The molecular formula is C14H21ClN2O. The molecule has 0 atom stereocenters. The average molecular weight is 269 g/mol. The molecule has 3 nitrogen and oxygen atoms in total. The molecule has 100 valence electrons. The van der Waals surface area contributed by atoms with E-state index in [1.54, 1.807) is 7.11 Å². The molecule has 0 amide bonds. The molecule has 0 unspecified atom stereocenters. The van der Waals surface area contributed by atoms with Gasteiger partial charge in [-0.1, -0.05) is 18.5 Å². The molecule has 1 aliphatic rings. The molecule has 0 saturated carbocycles. The van der Waals surface area contributed by atoms with Crippen molar-refractivity contribution in [3.05, 3.63) is 28.8 Å². The maximum Gasteiger partial charge on any atom is 0.123 e. The zero-order valence-electron chi connectivity index (χ0n) is 11.2. The van der Waals surface area contributed by atoms with E-state index in [1.807, 2.05) is 18.2 Å². The van der Waals surface area contributed by atoms with Crippen LogP contribution in [0, 0.1) is 0 Å². The lowest BCUT2D eigenvalue weighted by Gasteiger charge is -2.34. The first kappa shape index (κ1) is 13.7. The minimum Gasteiger partial charge on any atom is -0.496 e. The second-order valence-electron chi connectivity index (χ2n) is 4.67. The second kappa shape index (κ2) is 6.41. The van der Waals surface area contributed by atoms with Gasteiger partial charge in [-0.05, 0) is 24.7 Å². The zero-order valence-corrected chi connectivity index (χ0v) is 11.9. The number of benzene rings is 1. The Kier molecular flexibility index (Phi) is 4.87. The Balaban J connectivity index is 1.99. The first-order valence-electron chi connectivity index (χ1n) is 6.50. The van der Waals surface area contributed by atoms with Crippen molar-refractivity contribution in [1.82, 2.24) is 9.80 Å². The van der Waals surface area contributed by atoms with Gasteiger partial charge in [0.1, 0.15) is 5.75 Å². The van der Waals surface area contributed by atoms with Gasteiger partial charge in [-0.25, -0.2) is 0 Å². The molecule has 0 aromatic heterocycles. The van der Waals surface area contributed by atoms with Gasteiger partial charge < -0.3 is 9.64 Å². The largest absolute Gasteiger partial charge is 0.496 e. The van der Waals surface area contributed by atoms with Crippen molar-refractivity contribution in [3.8, 4) is 5.75 Å². The Bertz CT molecular complexity index is 389. The Hall–Kier alpha value is -0.770. The van der Waals surface area contributed by atoms with E-state index in [-0.39, 0.29) is 0 Å². The lowest BCUT2D eigenvalue weighted by Crippen LogP contribution is -2.45. The highest BCUT2D eigenvalue weighted by Gasteiger charge is 2.17. The number of hydrogen-bond donors (Lipinski definition) is 0. The fourth-order valence-corrected chi connectivity index (χ4v) is 2.57. The SMILES string of the molecule is CCN1CCN(Cc2cc(Cl)ccc2OC)CC1. The molecule has 1 saturated heterocycles. The van der Waals surface area contributed by atoms with Gasteiger partial charge in [-0.2, -0.15) is 0 Å². The predicted molar refractivity (Wildman–Crippen MR) is 75.4 cm³/mol. The molecule has 1 aromatic carbocycles. The van der Waals surface area contributed by atoms with Crippen molar-refractivity contribution >= 4 is 11.6 Å². The maximum absolute atomic E-state index is 6.05. The van der Waals surface area contributed by atoms with E-state index in [0.717, 1.165) is 50.0 Å². The first-order chi connectivity index (χ1) is 8.72. The van der Waals surface area contributed by atoms with Gasteiger partial charge in [0.15, 0.2) is 0 Å². The van der Waals surface area contributed by atoms with Crippen LogP contribution in [0.2, 0.25) is 5.02 Å². The van der Waals surface area contributed by atoms with Gasteiger partial charge >= 0.3 is 0 Å². The third-order valence-electron chi connectivity index (χ3n) is 3.55. The van der Waals surface area contributed by atoms with E-state index >= 15 is 0 Å². The van der Waals surface area contributed by atoms with E-state index in [2.05, 4.69) is 16.7 Å². The number of methoxy groups -OCH3 is 1. The molecule has 1 aliphatic heterocycles. The highest BCUT2D eigenvalue weighted by Crippen LogP contribution is 2.24. The van der Waals surface area contributed by atoms with Crippen LogP contribution in [0.3, 0.4) is 0 Å². The number of nitrogens with zero attached hydrogens (tertiary/aromatic N) is 2. The summed E-state index contributed by atoms with van der Waals surface area (Å²) >= 11 is 6.05. The lowest BCUT2D eigenvalue weighted by atomic mass is 10.1. The highest BCUT2D eigenvalue weighted by atomic mass is 35.5. The molecule has 1 fully saturated rings. The third-order valence-corrected chi connectivity index (χ3v) is 3.78. The van der Waals surface area contributed by atoms with Gasteiger partial charge in [0.25, 0.3) is 0 Å². The van der Waals surface area contributed by atoms with Crippen LogP contribution < -0.4 is 4.74 Å². The number of halogens is 1. The van der Waals surface area contributed by atoms with E-state index in [4.69, 9.17) is 16.3 Å². The van der Waals surface area contributed by atoms with Gasteiger partial charge in [-0.15, -0.1) is 0 Å². The maximum atomic E-state index is 6.05. The summed E-state index contributed by atoms with van der Waals surface area (Å²) in [6, 6.07) is 5.82. The fraction of sp³-hybridized carbons (Fsp3) is 0.571. The minimum absolute atomic E-state index is 0.776. The van der Waals surface area contributed by atoms with Crippen molar-refractivity contribution in [1.29, 1.82) is 0 Å². The Morgan fingerprint density at radius 3 is 2.44 bits per heavy atom. The summed E-state index contributed by atoms with van der Waals surface area (Å²) in [6.07, 6.45) is 0. The molecule has 18 heavy (non-hydrogen) atoms. The summed E-state index contributed by atoms with van der Waals surface area (Å²) in [7, 11) is 1.71. The van der Waals surface area contributed by atoms with Crippen LogP contribution in [0.4, 0.5) is 0 Å². The van der Waals surface area contributed by atoms with Crippen molar-refractivity contribution < 1.29 is 4.74 Å². The van der Waals surface area contributed by atoms with Gasteiger partial charge in [0.05, 0.1) is 7.11 Å². The Morgan fingerprint density at radius 1 is 1.17 bits per heavy atom. The van der Waals surface area contributed by atoms with E-state index < -0.39 is 0 Å². The van der Waals surface area contributed by atoms with Crippen molar-refractivity contribution in [2.75, 3.05) is 39.8 Å². The van der Waals surface area contributed by atoms with Gasteiger partial charge in [0, 0.05) is 43.3 Å². The monoisotopic (exact) mass is 268 g/mol. The summed E-state index contributed by atoms with van der Waals surface area (Å²) in [6.45, 7) is 8.82. The van der Waals surface area contributed by atoms with E-state index in [1.165, 1.54) is 5.56 Å². The molecule has 1 heterocycles. The topological polar surface area (TPSA) is 15.7 Å². The Labute approximate surface area is 114 Å². The number of piperazine rings is 1. The minimum atomic E-state index is 0.776. The van der Waals surface area contributed by atoms with Crippen molar-refractivity contribution in [2.45, 2.75) is 13.5 Å². The number of ether oxygens (including phenoxy) is 1. The third kappa shape index (κ3) is 3.37. The highest BCUT2D eigenvalue weighted by molar-refractivity contribution is 6.30. The van der Waals surface area contributed by atoms with Crippen molar-refractivity contribution in [2.24, 2.45) is 0 Å². The van der Waals surface area contributed by atoms with E-state index in [9.17, 15) is 0 Å². The molecule has 0 radical (unpaired) electrons. The zero-order chi connectivity index (χ0) is 13.0. The van der Waals surface area contributed by atoms with Crippen LogP contribution in [0.1, 0.15) is 12.5 Å². The van der Waals surface area contributed by atoms with Crippen LogP contribution in [0.25, 0.3) is 0 Å². The summed E-state index contributed by atoms with van der Waals surface area (Å²) in [5.41, 5.74) is 1.18. The van der Waals surface area contributed by atoms with Crippen LogP contribution in [-0.2, 0) is 6.54 Å². The van der Waals surface area contributed by atoms with Crippen LogP contribution in [0.5, 0.6) is 5.75 Å². The average Bonchev–Trinajstić information content (AvgIpc) is 2.40. The van der Waals surface area contributed by atoms with Crippen molar-refractivity contribution in [3.63, 3.8) is 0 Å². The van der Waals surface area contributed by atoms with Crippen LogP contribution in [-0.4, -0.2) is 49.6 Å². The molecule has 4 heteroatoms. The lowest BCUT2D eigenvalue weighted by molar-refractivity contribution is 0.131. The molecular weight excluding hydrogens is 248 g/mol. The molecule has 0 spiro atoms. The fourth-order valence-electron chi connectivity index (χ4n) is 2.38. The summed E-state index contributed by atoms with van der Waals surface area (Å²) in [4.78, 5) is 4.94. The molecule has 2 rings (SSSR count). The Morgan fingerprint density at radius 2 is 1.83 bits per heavy atom. The summed E-state index contributed by atoms with van der Waals surface area (Å²) in [5.74, 6) is 0.928. The molecule has 0 N–H and O–H groups in total. The first-order valence-corrected chi connectivity index (χ1v) is 6.88. The molecule has 1 aromatic rings. The predicted octanol–water partition coefficient (Wildman–Crippen LogP) is 2.49. The number of likely N-dealkylation sites (N-methyl/N-ethyl adjacent to an activating group) is 1. The van der Waals surface area contributed by atoms with Gasteiger partial charge in [-0.3, -0.25) is 4.90 Å². The normalized spacial score (nSPS) is 17.9. The second-order valence-corrected chi connectivity index (χ2v) is 5.10. The van der Waals surface area contributed by atoms with Crippen LogP contribution in [0.15, 0.2) is 18.2 Å². The standard InChI is InChI=1S/C14H21ClN2O/c1-3-16-6-8-17(9-7-16)11-12-10-13(15)4-5-14(12)18-2/h4-5,10H,3,6-9,11H2,1-2H3. The van der Waals surface area contributed by atoms with Gasteiger partial charge in [0.2, 0.25) is 0 Å². The van der Waals surface area contributed by atoms with Crippen LogP contribution >= 0.6 is 11.6 Å². The van der Waals surface area contributed by atoms with E-state index in [0.29, 0.717) is 0 Å². The summed E-state index contributed by atoms with van der Waals surface area (Å²) < 4.78 is 5.39. The number of rotatable bonds is 4. The molecule has 0 aliphatic carbocycles. The summed E-state index contributed by atoms with van der Waals surface area (Å²) in [5, 5.41) is 0.776. The smallest absolute Gasteiger partial charge is 0.123 e. The molecule has 0 bridgehead atoms. The number of hydrogen-bond acceptors (Lipinski definition) is 3.